The number of hydrogen-bond donors (Lipinski definition) is 4. The van der Waals surface area contributed by atoms with Crippen molar-refractivity contribution in [3.8, 4) is 0 Å². The summed E-state index contributed by atoms with van der Waals surface area (Å²) >= 11 is 0. The van der Waals surface area contributed by atoms with Gasteiger partial charge in [0.25, 0.3) is 5.91 Å². The van der Waals surface area contributed by atoms with Gasteiger partial charge in [0.2, 0.25) is 11.9 Å². The first kappa shape index (κ1) is 17.3. The topological polar surface area (TPSA) is 115 Å². The maximum absolute atomic E-state index is 12.5. The molecule has 142 valence electrons. The molecule has 1 saturated carbocycles. The molecule has 1 aliphatic heterocycles. The van der Waals surface area contributed by atoms with Crippen LogP contribution in [0.5, 0.6) is 0 Å². The van der Waals surface area contributed by atoms with Crippen LogP contribution in [0.4, 0.5) is 22.4 Å². The van der Waals surface area contributed by atoms with Crippen molar-refractivity contribution in [1.29, 1.82) is 0 Å². The van der Waals surface area contributed by atoms with Gasteiger partial charge in [-0.2, -0.15) is 4.98 Å². The van der Waals surface area contributed by atoms with Crippen LogP contribution in [0.3, 0.4) is 0 Å². The molecule has 1 aromatic heterocycles. The van der Waals surface area contributed by atoms with Gasteiger partial charge in [-0.3, -0.25) is 10.1 Å². The van der Waals surface area contributed by atoms with Crippen LogP contribution in [-0.4, -0.2) is 46.3 Å². The van der Waals surface area contributed by atoms with E-state index in [4.69, 9.17) is 0 Å². The van der Waals surface area contributed by atoms with Crippen molar-refractivity contribution in [2.45, 2.75) is 38.1 Å². The van der Waals surface area contributed by atoms with Crippen molar-refractivity contribution in [3.05, 3.63) is 29.8 Å². The van der Waals surface area contributed by atoms with Gasteiger partial charge in [0.15, 0.2) is 0 Å². The Morgan fingerprint density at radius 1 is 1.11 bits per heavy atom. The van der Waals surface area contributed by atoms with E-state index >= 15 is 0 Å². The number of nitrogens with one attached hydrogen (secondary N) is 4. The number of amides is 3. The van der Waals surface area contributed by atoms with Crippen molar-refractivity contribution in [1.82, 2.24) is 20.5 Å². The van der Waals surface area contributed by atoms with Gasteiger partial charge >= 0.3 is 6.03 Å². The van der Waals surface area contributed by atoms with Gasteiger partial charge in [0.1, 0.15) is 0 Å². The lowest BCUT2D eigenvalue weighted by Crippen LogP contribution is -2.30. The van der Waals surface area contributed by atoms with E-state index in [0.29, 0.717) is 23.1 Å². The molecule has 2 aromatic rings. The monoisotopic (exact) mass is 369 g/mol. The average molecular weight is 369 g/mol. The Kier molecular flexibility index (Phi) is 4.91. The van der Waals surface area contributed by atoms with Gasteiger partial charge in [-0.15, -0.1) is 5.10 Å². The van der Waals surface area contributed by atoms with E-state index in [-0.39, 0.29) is 18.0 Å². The van der Waals surface area contributed by atoms with E-state index in [1.165, 1.54) is 6.42 Å². The summed E-state index contributed by atoms with van der Waals surface area (Å²) in [7, 11) is 0. The predicted octanol–water partition coefficient (Wildman–Crippen LogP) is 2.33. The molecule has 0 unspecified atom stereocenters. The summed E-state index contributed by atoms with van der Waals surface area (Å²) in [5.41, 5.74) is 0.988. The Morgan fingerprint density at radius 3 is 2.70 bits per heavy atom. The van der Waals surface area contributed by atoms with Gasteiger partial charge in [0, 0.05) is 30.4 Å². The molecule has 2 heterocycles. The minimum atomic E-state index is -0.317. The number of rotatable bonds is 5. The highest BCUT2D eigenvalue weighted by Gasteiger charge is 2.23. The fourth-order valence-electron chi connectivity index (χ4n) is 3.04. The maximum Gasteiger partial charge on any atom is 0.319 e. The molecule has 1 saturated heterocycles. The number of carbonyl (C=O) groups is 2. The van der Waals surface area contributed by atoms with Crippen LogP contribution < -0.4 is 20.9 Å². The van der Waals surface area contributed by atoms with Gasteiger partial charge in [0.05, 0.1) is 0 Å². The largest absolute Gasteiger partial charge is 0.340 e. The van der Waals surface area contributed by atoms with E-state index < -0.39 is 0 Å². The van der Waals surface area contributed by atoms with E-state index in [0.717, 1.165) is 38.8 Å². The second-order valence-electron chi connectivity index (χ2n) is 6.94. The molecule has 4 rings (SSSR count). The molecule has 0 radical (unpaired) electrons. The number of nitrogens with zero attached hydrogens (tertiary/aromatic N) is 3. The molecule has 27 heavy (non-hydrogen) atoms. The van der Waals surface area contributed by atoms with Gasteiger partial charge < -0.3 is 15.5 Å². The first-order valence-electron chi connectivity index (χ1n) is 9.34. The van der Waals surface area contributed by atoms with Crippen molar-refractivity contribution in [3.63, 3.8) is 0 Å². The maximum atomic E-state index is 12.5. The number of hydrogen-bond acceptors (Lipinski definition) is 5. The van der Waals surface area contributed by atoms with Crippen LogP contribution in [0.2, 0.25) is 0 Å². The van der Waals surface area contributed by atoms with Gasteiger partial charge in [-0.05, 0) is 50.3 Å². The second kappa shape index (κ2) is 7.65. The minimum Gasteiger partial charge on any atom is -0.340 e. The molecule has 0 spiro atoms. The Morgan fingerprint density at radius 2 is 1.93 bits per heavy atom. The van der Waals surface area contributed by atoms with Crippen LogP contribution in [0.25, 0.3) is 0 Å². The number of urea groups is 1. The number of H-pyrrole nitrogens is 1. The average Bonchev–Trinajstić information content (AvgIpc) is 3.37. The van der Waals surface area contributed by atoms with E-state index in [1.807, 2.05) is 0 Å². The van der Waals surface area contributed by atoms with Crippen LogP contribution in [-0.2, 0) is 0 Å². The summed E-state index contributed by atoms with van der Waals surface area (Å²) in [4.78, 5) is 30.8. The Balaban J connectivity index is 1.37. The molecule has 2 aliphatic rings. The summed E-state index contributed by atoms with van der Waals surface area (Å²) in [5.74, 6) is 0.602. The second-order valence-corrected chi connectivity index (χ2v) is 6.94. The van der Waals surface area contributed by atoms with Crippen LogP contribution in [0, 0.1) is 0 Å². The van der Waals surface area contributed by atoms with Crippen LogP contribution in [0.1, 0.15) is 42.5 Å². The highest BCUT2D eigenvalue weighted by atomic mass is 16.2. The Hall–Kier alpha value is -3.10. The minimum absolute atomic E-state index is 0.253. The lowest BCUT2D eigenvalue weighted by atomic mass is 10.1. The van der Waals surface area contributed by atoms with Crippen molar-refractivity contribution >= 4 is 29.5 Å². The predicted molar refractivity (Wildman–Crippen MR) is 102 cm³/mol. The van der Waals surface area contributed by atoms with Gasteiger partial charge in [-0.25, -0.2) is 9.89 Å². The summed E-state index contributed by atoms with van der Waals surface area (Å²) in [5, 5.41) is 15.3. The SMILES string of the molecule is O=C(Nc1cccc(C(=O)Nc2nc(N3CCCCC3)n[nH]2)c1)NC1CC1. The van der Waals surface area contributed by atoms with E-state index in [9.17, 15) is 9.59 Å². The highest BCUT2D eigenvalue weighted by molar-refractivity contribution is 6.04. The molecule has 1 aromatic carbocycles. The lowest BCUT2D eigenvalue weighted by molar-refractivity contribution is 0.102. The fraction of sp³-hybridized carbons (Fsp3) is 0.444. The van der Waals surface area contributed by atoms with Crippen molar-refractivity contribution in [2.24, 2.45) is 0 Å². The zero-order valence-electron chi connectivity index (χ0n) is 15.0. The first-order valence-corrected chi connectivity index (χ1v) is 9.34. The standard InChI is InChI=1S/C18H23N7O2/c26-15(21-16-22-17(24-23-16)25-9-2-1-3-10-25)12-5-4-6-14(11-12)20-18(27)19-13-7-8-13/h4-6,11,13H,1-3,7-10H2,(H2,19,20,27)(H2,21,22,23,24,26). The quantitative estimate of drug-likeness (QED) is 0.646. The Bertz CT molecular complexity index is 825. The zero-order valence-corrected chi connectivity index (χ0v) is 15.0. The molecule has 1 aliphatic carbocycles. The third-order valence-electron chi connectivity index (χ3n) is 4.64. The summed E-state index contributed by atoms with van der Waals surface area (Å²) in [6.45, 7) is 1.86. The number of aromatic amines is 1. The zero-order chi connectivity index (χ0) is 18.6. The molecule has 0 bridgehead atoms. The third-order valence-corrected chi connectivity index (χ3v) is 4.64. The highest BCUT2D eigenvalue weighted by Crippen LogP contribution is 2.19. The number of anilines is 3. The Labute approximate surface area is 156 Å². The first-order chi connectivity index (χ1) is 13.2. The molecule has 0 atom stereocenters. The number of aromatic nitrogens is 3. The van der Waals surface area contributed by atoms with Gasteiger partial charge in [-0.1, -0.05) is 6.07 Å². The van der Waals surface area contributed by atoms with E-state index in [2.05, 4.69) is 36.0 Å². The van der Waals surface area contributed by atoms with Crippen molar-refractivity contribution < 1.29 is 9.59 Å². The number of piperidine rings is 1. The third kappa shape index (κ3) is 4.55. The van der Waals surface area contributed by atoms with E-state index in [1.54, 1.807) is 24.3 Å². The molecule has 9 nitrogen and oxygen atoms in total. The van der Waals surface area contributed by atoms with Crippen LogP contribution in [0.15, 0.2) is 24.3 Å². The molecule has 2 fully saturated rings. The molecular formula is C18H23N7O2. The summed E-state index contributed by atoms with van der Waals surface area (Å²) < 4.78 is 0. The number of benzene rings is 1. The molecular weight excluding hydrogens is 346 g/mol. The number of carbonyl (C=O) groups excluding carboxylic acids is 2. The smallest absolute Gasteiger partial charge is 0.319 e. The summed E-state index contributed by atoms with van der Waals surface area (Å²) in [6, 6.07) is 6.80. The molecule has 4 N–H and O–H groups in total. The molecule has 9 heteroatoms. The van der Waals surface area contributed by atoms with Crippen LogP contribution >= 0.6 is 0 Å². The molecule has 3 amide bonds. The summed E-state index contributed by atoms with van der Waals surface area (Å²) in [6.07, 6.45) is 5.53. The lowest BCUT2D eigenvalue weighted by Gasteiger charge is -2.24. The fourth-order valence-corrected chi connectivity index (χ4v) is 3.04. The normalized spacial score (nSPS) is 16.7. The van der Waals surface area contributed by atoms with Crippen molar-refractivity contribution in [2.75, 3.05) is 28.6 Å².